The quantitative estimate of drug-likeness (QED) is 0.882. The van der Waals surface area contributed by atoms with E-state index in [0.29, 0.717) is 5.56 Å². The number of rotatable bonds is 2. The van der Waals surface area contributed by atoms with Crippen molar-refractivity contribution in [2.24, 2.45) is 0 Å². The second-order valence-electron chi connectivity index (χ2n) is 4.51. The zero-order valence-electron chi connectivity index (χ0n) is 11.0. The largest absolute Gasteiger partial charge is 0.508 e. The van der Waals surface area contributed by atoms with Gasteiger partial charge in [-0.3, -0.25) is 4.79 Å². The van der Waals surface area contributed by atoms with Crippen molar-refractivity contribution in [1.29, 1.82) is 0 Å². The average molecular weight is 277 g/mol. The van der Waals surface area contributed by atoms with E-state index in [1.165, 1.54) is 19.1 Å². The van der Waals surface area contributed by atoms with Crippen LogP contribution >= 0.6 is 0 Å². The van der Waals surface area contributed by atoms with Crippen molar-refractivity contribution in [2.45, 2.75) is 13.8 Å². The van der Waals surface area contributed by atoms with Crippen LogP contribution in [-0.2, 0) is 0 Å². The summed E-state index contributed by atoms with van der Waals surface area (Å²) in [6.45, 7) is 3.14. The number of carbonyl (C=O) groups excluding carboxylic acids is 1. The molecule has 0 aliphatic heterocycles. The summed E-state index contributed by atoms with van der Waals surface area (Å²) in [7, 11) is 0. The van der Waals surface area contributed by atoms with Gasteiger partial charge in [-0.05, 0) is 37.1 Å². The van der Waals surface area contributed by atoms with E-state index in [0.717, 1.165) is 6.07 Å². The maximum Gasteiger partial charge on any atom is 0.261 e. The lowest BCUT2D eigenvalue weighted by Gasteiger charge is -2.09. The molecular formula is C15H13F2NO2. The third-order valence-electron chi connectivity index (χ3n) is 2.98. The van der Waals surface area contributed by atoms with Gasteiger partial charge in [0.25, 0.3) is 5.91 Å². The van der Waals surface area contributed by atoms with Gasteiger partial charge in [0.15, 0.2) is 0 Å². The SMILES string of the molecule is Cc1ccc(NC(=O)c2c(F)ccc(C)c2F)cc1O. The Bertz CT molecular complexity index is 684. The van der Waals surface area contributed by atoms with Gasteiger partial charge in [-0.1, -0.05) is 12.1 Å². The lowest BCUT2D eigenvalue weighted by Crippen LogP contribution is -2.16. The van der Waals surface area contributed by atoms with Crippen molar-refractivity contribution < 1.29 is 18.7 Å². The van der Waals surface area contributed by atoms with Crippen LogP contribution < -0.4 is 5.32 Å². The Morgan fingerprint density at radius 3 is 2.40 bits per heavy atom. The number of nitrogens with one attached hydrogen (secondary N) is 1. The first-order valence-corrected chi connectivity index (χ1v) is 5.95. The normalized spacial score (nSPS) is 10.4. The van der Waals surface area contributed by atoms with Crippen LogP contribution in [0.25, 0.3) is 0 Å². The number of hydrogen-bond donors (Lipinski definition) is 2. The van der Waals surface area contributed by atoms with Crippen LogP contribution in [0.2, 0.25) is 0 Å². The van der Waals surface area contributed by atoms with Gasteiger partial charge < -0.3 is 10.4 Å². The summed E-state index contributed by atoms with van der Waals surface area (Å²) >= 11 is 0. The minimum absolute atomic E-state index is 0.00649. The van der Waals surface area contributed by atoms with Gasteiger partial charge in [0.05, 0.1) is 0 Å². The Hall–Kier alpha value is -2.43. The number of benzene rings is 2. The predicted molar refractivity (Wildman–Crippen MR) is 71.9 cm³/mol. The zero-order valence-corrected chi connectivity index (χ0v) is 11.0. The van der Waals surface area contributed by atoms with Gasteiger partial charge in [0.2, 0.25) is 0 Å². The number of anilines is 1. The Kier molecular flexibility index (Phi) is 3.70. The molecule has 0 fully saturated rings. The Labute approximate surface area is 114 Å². The summed E-state index contributed by atoms with van der Waals surface area (Å²) in [4.78, 5) is 11.9. The predicted octanol–water partition coefficient (Wildman–Crippen LogP) is 3.54. The first-order valence-electron chi connectivity index (χ1n) is 5.95. The van der Waals surface area contributed by atoms with E-state index in [2.05, 4.69) is 5.32 Å². The van der Waals surface area contributed by atoms with Gasteiger partial charge in [-0.25, -0.2) is 8.78 Å². The fourth-order valence-electron chi connectivity index (χ4n) is 1.75. The third kappa shape index (κ3) is 2.61. The minimum Gasteiger partial charge on any atom is -0.508 e. The topological polar surface area (TPSA) is 49.3 Å². The smallest absolute Gasteiger partial charge is 0.261 e. The number of carbonyl (C=O) groups is 1. The second kappa shape index (κ2) is 5.28. The fraction of sp³-hybridized carbons (Fsp3) is 0.133. The van der Waals surface area contributed by atoms with Crippen molar-refractivity contribution >= 4 is 11.6 Å². The molecule has 0 spiro atoms. The van der Waals surface area contributed by atoms with Crippen LogP contribution in [0, 0.1) is 25.5 Å². The molecule has 2 aromatic rings. The molecule has 0 bridgehead atoms. The maximum absolute atomic E-state index is 13.8. The number of phenols is 1. The average Bonchev–Trinajstić information content (AvgIpc) is 2.39. The third-order valence-corrected chi connectivity index (χ3v) is 2.98. The number of phenolic OH excluding ortho intramolecular Hbond substituents is 1. The van der Waals surface area contributed by atoms with Gasteiger partial charge in [-0.15, -0.1) is 0 Å². The summed E-state index contributed by atoms with van der Waals surface area (Å²) in [5.74, 6) is -2.72. The van der Waals surface area contributed by atoms with Gasteiger partial charge >= 0.3 is 0 Å². The highest BCUT2D eigenvalue weighted by atomic mass is 19.1. The fourth-order valence-corrected chi connectivity index (χ4v) is 1.75. The van der Waals surface area contributed by atoms with Crippen molar-refractivity contribution in [3.63, 3.8) is 0 Å². The van der Waals surface area contributed by atoms with Crippen LogP contribution in [0.3, 0.4) is 0 Å². The van der Waals surface area contributed by atoms with E-state index in [1.807, 2.05) is 0 Å². The molecule has 0 aromatic heterocycles. The van der Waals surface area contributed by atoms with E-state index >= 15 is 0 Å². The first-order chi connectivity index (χ1) is 9.40. The van der Waals surface area contributed by atoms with E-state index in [1.54, 1.807) is 19.1 Å². The van der Waals surface area contributed by atoms with Crippen LogP contribution in [-0.4, -0.2) is 11.0 Å². The standard InChI is InChI=1S/C15H13F2NO2/c1-8-3-5-10(7-12(8)19)18-15(20)13-11(16)6-4-9(2)14(13)17/h3-7,19H,1-2H3,(H,18,20). The first kappa shape index (κ1) is 14.0. The van der Waals surface area contributed by atoms with Crippen LogP contribution in [0.1, 0.15) is 21.5 Å². The molecule has 5 heteroatoms. The number of halogens is 2. The van der Waals surface area contributed by atoms with Crippen molar-refractivity contribution in [2.75, 3.05) is 5.32 Å². The summed E-state index contributed by atoms with van der Waals surface area (Å²) in [6, 6.07) is 6.75. The van der Waals surface area contributed by atoms with Gasteiger partial charge in [0, 0.05) is 11.8 Å². The summed E-state index contributed by atoms with van der Waals surface area (Å²) in [5.41, 5.74) is 0.447. The highest BCUT2D eigenvalue weighted by Gasteiger charge is 2.19. The Balaban J connectivity index is 2.33. The molecule has 0 atom stereocenters. The Morgan fingerprint density at radius 1 is 1.10 bits per heavy atom. The molecule has 1 amide bonds. The molecule has 20 heavy (non-hydrogen) atoms. The molecule has 0 saturated carbocycles. The zero-order chi connectivity index (χ0) is 14.9. The van der Waals surface area contributed by atoms with E-state index in [-0.39, 0.29) is 17.0 Å². The van der Waals surface area contributed by atoms with Crippen molar-refractivity contribution in [3.05, 3.63) is 58.7 Å². The number of aryl methyl sites for hydroxylation is 2. The molecule has 104 valence electrons. The second-order valence-corrected chi connectivity index (χ2v) is 4.51. The Morgan fingerprint density at radius 2 is 1.75 bits per heavy atom. The van der Waals surface area contributed by atoms with Crippen molar-refractivity contribution in [3.8, 4) is 5.75 Å². The highest BCUT2D eigenvalue weighted by molar-refractivity contribution is 6.04. The molecule has 3 nitrogen and oxygen atoms in total. The minimum atomic E-state index is -0.929. The molecule has 0 saturated heterocycles. The summed E-state index contributed by atoms with van der Waals surface area (Å²) < 4.78 is 27.4. The molecule has 0 unspecified atom stereocenters. The maximum atomic E-state index is 13.8. The van der Waals surface area contributed by atoms with E-state index < -0.39 is 23.1 Å². The van der Waals surface area contributed by atoms with Crippen molar-refractivity contribution in [1.82, 2.24) is 0 Å². The van der Waals surface area contributed by atoms with Gasteiger partial charge in [0.1, 0.15) is 22.9 Å². The summed E-state index contributed by atoms with van der Waals surface area (Å²) in [5, 5.41) is 11.9. The number of aromatic hydroxyl groups is 1. The molecule has 2 rings (SSSR count). The molecule has 0 heterocycles. The van der Waals surface area contributed by atoms with E-state index in [9.17, 15) is 18.7 Å². The lowest BCUT2D eigenvalue weighted by molar-refractivity contribution is 0.101. The highest BCUT2D eigenvalue weighted by Crippen LogP contribution is 2.23. The van der Waals surface area contributed by atoms with Gasteiger partial charge in [-0.2, -0.15) is 0 Å². The lowest BCUT2D eigenvalue weighted by atomic mass is 10.1. The van der Waals surface area contributed by atoms with Crippen LogP contribution in [0.5, 0.6) is 5.75 Å². The van der Waals surface area contributed by atoms with E-state index in [4.69, 9.17) is 0 Å². The number of amides is 1. The molecule has 2 N–H and O–H groups in total. The monoisotopic (exact) mass is 277 g/mol. The summed E-state index contributed by atoms with van der Waals surface area (Å²) in [6.07, 6.45) is 0. The molecule has 2 aromatic carbocycles. The molecule has 0 aliphatic rings. The molecular weight excluding hydrogens is 264 g/mol. The number of hydrogen-bond acceptors (Lipinski definition) is 2. The molecule has 0 aliphatic carbocycles. The molecule has 0 radical (unpaired) electrons. The van der Waals surface area contributed by atoms with Crippen LogP contribution in [0.4, 0.5) is 14.5 Å². The van der Waals surface area contributed by atoms with Crippen LogP contribution in [0.15, 0.2) is 30.3 Å².